The van der Waals surface area contributed by atoms with Crippen LogP contribution in [0.15, 0.2) is 41.0 Å². The number of hydrogen-bond donors (Lipinski definition) is 2. The van der Waals surface area contributed by atoms with Crippen LogP contribution in [0.25, 0.3) is 0 Å². The van der Waals surface area contributed by atoms with E-state index in [1.807, 2.05) is 36.1 Å². The standard InChI is InChI=1S/C19H23N3O3/c1-13-2-4-14(5-3-13)19(24)22-8-6-16(7-9-22)21-18(23)15-10-17(11-20)25-12-15/h2-5,10,12,16H,6-9,11,20H2,1H3,(H,21,23). The van der Waals surface area contributed by atoms with Gasteiger partial charge < -0.3 is 20.4 Å². The number of likely N-dealkylation sites (tertiary alicyclic amines) is 1. The van der Waals surface area contributed by atoms with Crippen LogP contribution in [0.3, 0.4) is 0 Å². The van der Waals surface area contributed by atoms with Crippen molar-refractivity contribution in [1.82, 2.24) is 10.2 Å². The van der Waals surface area contributed by atoms with E-state index in [2.05, 4.69) is 5.32 Å². The second-order valence-corrected chi connectivity index (χ2v) is 6.41. The summed E-state index contributed by atoms with van der Waals surface area (Å²) < 4.78 is 5.19. The Balaban J connectivity index is 1.52. The Morgan fingerprint density at radius 2 is 1.88 bits per heavy atom. The zero-order valence-corrected chi connectivity index (χ0v) is 14.3. The molecule has 25 heavy (non-hydrogen) atoms. The molecule has 0 saturated carbocycles. The Morgan fingerprint density at radius 3 is 2.48 bits per heavy atom. The fraction of sp³-hybridized carbons (Fsp3) is 0.368. The minimum atomic E-state index is -0.160. The fourth-order valence-corrected chi connectivity index (χ4v) is 2.98. The zero-order chi connectivity index (χ0) is 17.8. The molecule has 2 heterocycles. The van der Waals surface area contributed by atoms with Gasteiger partial charge in [0.05, 0.1) is 12.1 Å². The number of benzene rings is 1. The maximum Gasteiger partial charge on any atom is 0.254 e. The van der Waals surface area contributed by atoms with Gasteiger partial charge in [0.1, 0.15) is 12.0 Å². The van der Waals surface area contributed by atoms with E-state index in [1.54, 1.807) is 6.07 Å². The molecule has 6 heteroatoms. The second-order valence-electron chi connectivity index (χ2n) is 6.41. The Bertz CT molecular complexity index is 744. The quantitative estimate of drug-likeness (QED) is 0.891. The van der Waals surface area contributed by atoms with Gasteiger partial charge in [0, 0.05) is 24.7 Å². The van der Waals surface area contributed by atoms with Gasteiger partial charge in [-0.3, -0.25) is 9.59 Å². The number of nitrogens with one attached hydrogen (secondary N) is 1. The predicted octanol–water partition coefficient (Wildman–Crippen LogP) is 2.08. The SMILES string of the molecule is Cc1ccc(C(=O)N2CCC(NC(=O)c3coc(CN)c3)CC2)cc1. The van der Waals surface area contributed by atoms with Crippen molar-refractivity contribution in [2.45, 2.75) is 32.4 Å². The maximum atomic E-state index is 12.5. The van der Waals surface area contributed by atoms with Gasteiger partial charge in [-0.2, -0.15) is 0 Å². The molecule has 0 radical (unpaired) electrons. The van der Waals surface area contributed by atoms with Crippen molar-refractivity contribution in [2.24, 2.45) is 5.73 Å². The van der Waals surface area contributed by atoms with Crippen LogP contribution in [-0.4, -0.2) is 35.8 Å². The highest BCUT2D eigenvalue weighted by molar-refractivity contribution is 5.95. The van der Waals surface area contributed by atoms with Gasteiger partial charge in [-0.1, -0.05) is 17.7 Å². The molecule has 0 spiro atoms. The van der Waals surface area contributed by atoms with Crippen LogP contribution in [0.5, 0.6) is 0 Å². The molecule has 3 N–H and O–H groups in total. The summed E-state index contributed by atoms with van der Waals surface area (Å²) in [6.07, 6.45) is 2.91. The lowest BCUT2D eigenvalue weighted by Gasteiger charge is -2.32. The monoisotopic (exact) mass is 341 g/mol. The fourth-order valence-electron chi connectivity index (χ4n) is 2.98. The molecule has 2 aromatic rings. The average Bonchev–Trinajstić information content (AvgIpc) is 3.12. The minimum Gasteiger partial charge on any atom is -0.467 e. The van der Waals surface area contributed by atoms with Gasteiger partial charge in [0.2, 0.25) is 0 Å². The van der Waals surface area contributed by atoms with Crippen LogP contribution in [-0.2, 0) is 6.54 Å². The number of rotatable bonds is 4. The van der Waals surface area contributed by atoms with Crippen LogP contribution in [0.2, 0.25) is 0 Å². The molecule has 1 aliphatic heterocycles. The van der Waals surface area contributed by atoms with Gasteiger partial charge in [0.25, 0.3) is 11.8 Å². The van der Waals surface area contributed by atoms with Crippen molar-refractivity contribution >= 4 is 11.8 Å². The molecule has 0 unspecified atom stereocenters. The first kappa shape index (κ1) is 17.2. The topological polar surface area (TPSA) is 88.6 Å². The third kappa shape index (κ3) is 4.09. The predicted molar refractivity (Wildman–Crippen MR) is 94.2 cm³/mol. The van der Waals surface area contributed by atoms with Crippen LogP contribution >= 0.6 is 0 Å². The van der Waals surface area contributed by atoms with Crippen molar-refractivity contribution in [1.29, 1.82) is 0 Å². The molecule has 6 nitrogen and oxygen atoms in total. The molecule has 1 fully saturated rings. The summed E-state index contributed by atoms with van der Waals surface area (Å²) >= 11 is 0. The van der Waals surface area contributed by atoms with Gasteiger partial charge in [0.15, 0.2) is 0 Å². The lowest BCUT2D eigenvalue weighted by molar-refractivity contribution is 0.0698. The molecule has 1 aromatic carbocycles. The number of carbonyl (C=O) groups is 2. The average molecular weight is 341 g/mol. The molecule has 3 rings (SSSR count). The maximum absolute atomic E-state index is 12.5. The molecule has 132 valence electrons. The lowest BCUT2D eigenvalue weighted by atomic mass is 10.0. The van der Waals surface area contributed by atoms with E-state index in [9.17, 15) is 9.59 Å². The van der Waals surface area contributed by atoms with Crippen molar-refractivity contribution in [2.75, 3.05) is 13.1 Å². The Morgan fingerprint density at radius 1 is 1.20 bits per heavy atom. The van der Waals surface area contributed by atoms with Crippen molar-refractivity contribution in [3.05, 3.63) is 59.0 Å². The number of furan rings is 1. The van der Waals surface area contributed by atoms with E-state index < -0.39 is 0 Å². The first-order chi connectivity index (χ1) is 12.1. The molecule has 1 aliphatic rings. The molecule has 1 saturated heterocycles. The number of piperidine rings is 1. The van der Waals surface area contributed by atoms with E-state index in [0.717, 1.165) is 18.4 Å². The highest BCUT2D eigenvalue weighted by atomic mass is 16.3. The van der Waals surface area contributed by atoms with Crippen LogP contribution < -0.4 is 11.1 Å². The van der Waals surface area contributed by atoms with Gasteiger partial charge >= 0.3 is 0 Å². The summed E-state index contributed by atoms with van der Waals surface area (Å²) in [5.41, 5.74) is 7.81. The summed E-state index contributed by atoms with van der Waals surface area (Å²) in [5, 5.41) is 3.00. The summed E-state index contributed by atoms with van der Waals surface area (Å²) in [4.78, 5) is 26.6. The Labute approximate surface area is 147 Å². The van der Waals surface area contributed by atoms with E-state index in [0.29, 0.717) is 30.0 Å². The smallest absolute Gasteiger partial charge is 0.254 e. The third-order valence-corrected chi connectivity index (χ3v) is 4.53. The van der Waals surface area contributed by atoms with Crippen LogP contribution in [0.1, 0.15) is 44.9 Å². The minimum absolute atomic E-state index is 0.0483. The number of hydrogen-bond acceptors (Lipinski definition) is 4. The van der Waals surface area contributed by atoms with E-state index in [1.165, 1.54) is 6.26 Å². The second kappa shape index (κ2) is 7.53. The van der Waals surface area contributed by atoms with Gasteiger partial charge in [-0.05, 0) is 38.0 Å². The van der Waals surface area contributed by atoms with Crippen LogP contribution in [0.4, 0.5) is 0 Å². The normalized spacial score (nSPS) is 15.2. The first-order valence-corrected chi connectivity index (χ1v) is 8.51. The molecular formula is C19H23N3O3. The number of amides is 2. The molecular weight excluding hydrogens is 318 g/mol. The number of carbonyl (C=O) groups excluding carboxylic acids is 2. The number of aryl methyl sites for hydroxylation is 1. The van der Waals surface area contributed by atoms with Crippen molar-refractivity contribution in [3.8, 4) is 0 Å². The largest absolute Gasteiger partial charge is 0.467 e. The summed E-state index contributed by atoms with van der Waals surface area (Å²) in [7, 11) is 0. The number of nitrogens with zero attached hydrogens (tertiary/aromatic N) is 1. The van der Waals surface area contributed by atoms with Gasteiger partial charge in [-0.15, -0.1) is 0 Å². The first-order valence-electron chi connectivity index (χ1n) is 8.51. The highest BCUT2D eigenvalue weighted by Gasteiger charge is 2.25. The highest BCUT2D eigenvalue weighted by Crippen LogP contribution is 2.16. The third-order valence-electron chi connectivity index (χ3n) is 4.53. The van der Waals surface area contributed by atoms with Crippen LogP contribution in [0, 0.1) is 6.92 Å². The van der Waals surface area contributed by atoms with E-state index >= 15 is 0 Å². The molecule has 0 bridgehead atoms. The summed E-state index contributed by atoms with van der Waals surface area (Å²) in [6.45, 7) is 3.54. The molecule has 2 amide bonds. The van der Waals surface area contributed by atoms with E-state index in [4.69, 9.17) is 10.2 Å². The molecule has 1 aromatic heterocycles. The summed E-state index contributed by atoms with van der Waals surface area (Å²) in [5.74, 6) is 0.475. The zero-order valence-electron chi connectivity index (χ0n) is 14.3. The lowest BCUT2D eigenvalue weighted by Crippen LogP contribution is -2.46. The van der Waals surface area contributed by atoms with Crippen molar-refractivity contribution in [3.63, 3.8) is 0 Å². The molecule has 0 atom stereocenters. The summed E-state index contributed by atoms with van der Waals surface area (Å²) in [6, 6.07) is 9.33. The Hall–Kier alpha value is -2.60. The van der Waals surface area contributed by atoms with Crippen molar-refractivity contribution < 1.29 is 14.0 Å². The Kier molecular flexibility index (Phi) is 5.19. The van der Waals surface area contributed by atoms with Gasteiger partial charge in [-0.25, -0.2) is 0 Å². The number of nitrogens with two attached hydrogens (primary N) is 1. The molecule has 0 aliphatic carbocycles. The van der Waals surface area contributed by atoms with E-state index in [-0.39, 0.29) is 24.4 Å².